The van der Waals surface area contributed by atoms with E-state index in [0.29, 0.717) is 11.6 Å². The van der Waals surface area contributed by atoms with Crippen LogP contribution in [-0.4, -0.2) is 31.9 Å². The molecule has 5 nitrogen and oxygen atoms in total. The topological polar surface area (TPSA) is 62.7 Å². The number of hydrogen-bond donors (Lipinski definition) is 2. The lowest BCUT2D eigenvalue weighted by atomic mass is 10.0. The van der Waals surface area contributed by atoms with Crippen molar-refractivity contribution >= 4 is 29.2 Å². The number of hydrogen-bond acceptors (Lipinski definition) is 4. The van der Waals surface area contributed by atoms with E-state index in [1.807, 2.05) is 24.3 Å². The Kier molecular flexibility index (Phi) is 5.16. The fourth-order valence-corrected chi connectivity index (χ4v) is 3.45. The molecule has 140 valence electrons. The number of aliphatic imine (C=N–C) groups is 1. The maximum atomic E-state index is 13.3. The van der Waals surface area contributed by atoms with Crippen molar-refractivity contribution in [3.05, 3.63) is 53.8 Å². The standard InChI is InChI=1S/C21H22FN3O2/c22-15-1-6-18-19(21(26)25-20(18)11-15)13-24-17-4-2-16(3-5-17)23-12-14-7-9-27-10-8-14/h1-6,11,13-14,19,23H,7-10,12H2,(H,25,26). The van der Waals surface area contributed by atoms with Crippen LogP contribution in [0.3, 0.4) is 0 Å². The Morgan fingerprint density at radius 2 is 1.96 bits per heavy atom. The Morgan fingerprint density at radius 1 is 1.19 bits per heavy atom. The fraction of sp³-hybridized carbons (Fsp3) is 0.333. The summed E-state index contributed by atoms with van der Waals surface area (Å²) >= 11 is 0. The molecule has 2 aromatic rings. The summed E-state index contributed by atoms with van der Waals surface area (Å²) in [4.78, 5) is 16.5. The number of carbonyl (C=O) groups is 1. The molecule has 0 bridgehead atoms. The summed E-state index contributed by atoms with van der Waals surface area (Å²) < 4.78 is 18.7. The van der Waals surface area contributed by atoms with Gasteiger partial charge in [-0.15, -0.1) is 0 Å². The van der Waals surface area contributed by atoms with Crippen LogP contribution < -0.4 is 10.6 Å². The van der Waals surface area contributed by atoms with Gasteiger partial charge in [-0.2, -0.15) is 0 Å². The van der Waals surface area contributed by atoms with Crippen LogP contribution in [0, 0.1) is 11.7 Å². The summed E-state index contributed by atoms with van der Waals surface area (Å²) in [6, 6.07) is 12.1. The van der Waals surface area contributed by atoms with Crippen molar-refractivity contribution in [2.75, 3.05) is 30.4 Å². The maximum Gasteiger partial charge on any atom is 0.237 e. The number of carbonyl (C=O) groups excluding carboxylic acids is 1. The number of ether oxygens (including phenoxy) is 1. The van der Waals surface area contributed by atoms with Crippen LogP contribution in [0.15, 0.2) is 47.5 Å². The zero-order chi connectivity index (χ0) is 18.6. The maximum absolute atomic E-state index is 13.3. The van der Waals surface area contributed by atoms with E-state index in [1.54, 1.807) is 12.3 Å². The molecule has 1 atom stereocenters. The molecule has 0 aliphatic carbocycles. The molecule has 2 heterocycles. The van der Waals surface area contributed by atoms with Gasteiger partial charge in [-0.1, -0.05) is 6.07 Å². The number of nitrogens with one attached hydrogen (secondary N) is 2. The van der Waals surface area contributed by atoms with Crippen molar-refractivity contribution in [2.24, 2.45) is 10.9 Å². The van der Waals surface area contributed by atoms with Crippen molar-refractivity contribution in [1.29, 1.82) is 0 Å². The second-order valence-electron chi connectivity index (χ2n) is 6.96. The number of amides is 1. The average Bonchev–Trinajstić information content (AvgIpc) is 3.00. The molecule has 0 saturated carbocycles. The Bertz CT molecular complexity index is 845. The average molecular weight is 367 g/mol. The molecule has 0 spiro atoms. The monoisotopic (exact) mass is 367 g/mol. The number of rotatable bonds is 5. The van der Waals surface area contributed by atoms with E-state index in [2.05, 4.69) is 15.6 Å². The Balaban J connectivity index is 1.38. The molecule has 2 N–H and O–H groups in total. The van der Waals surface area contributed by atoms with E-state index in [0.717, 1.165) is 49.5 Å². The molecule has 2 aliphatic heterocycles. The van der Waals surface area contributed by atoms with E-state index < -0.39 is 5.92 Å². The van der Waals surface area contributed by atoms with Crippen molar-refractivity contribution in [3.63, 3.8) is 0 Å². The normalized spacial score (nSPS) is 19.9. The summed E-state index contributed by atoms with van der Waals surface area (Å²) in [6.45, 7) is 2.65. The van der Waals surface area contributed by atoms with Crippen LogP contribution in [0.5, 0.6) is 0 Å². The Morgan fingerprint density at radius 3 is 2.74 bits per heavy atom. The minimum absolute atomic E-state index is 0.186. The summed E-state index contributed by atoms with van der Waals surface area (Å²) in [5, 5.41) is 6.15. The first-order valence-electron chi connectivity index (χ1n) is 9.25. The highest BCUT2D eigenvalue weighted by Gasteiger charge is 2.29. The molecular formula is C21H22FN3O2. The first-order valence-corrected chi connectivity index (χ1v) is 9.25. The van der Waals surface area contributed by atoms with Gasteiger partial charge in [0.2, 0.25) is 5.91 Å². The zero-order valence-electron chi connectivity index (χ0n) is 15.0. The number of benzene rings is 2. The number of anilines is 2. The van der Waals surface area contributed by atoms with Gasteiger partial charge in [0, 0.05) is 37.3 Å². The lowest BCUT2D eigenvalue weighted by Gasteiger charge is -2.22. The van der Waals surface area contributed by atoms with E-state index in [-0.39, 0.29) is 11.7 Å². The highest BCUT2D eigenvalue weighted by atomic mass is 19.1. The molecule has 1 amide bonds. The van der Waals surface area contributed by atoms with Crippen molar-refractivity contribution in [2.45, 2.75) is 18.8 Å². The van der Waals surface area contributed by atoms with Crippen LogP contribution in [0.2, 0.25) is 0 Å². The minimum Gasteiger partial charge on any atom is -0.385 e. The van der Waals surface area contributed by atoms with Crippen LogP contribution in [0.4, 0.5) is 21.5 Å². The SMILES string of the molecule is O=C1Nc2cc(F)ccc2C1C=Nc1ccc(NCC2CCOCC2)cc1. The van der Waals surface area contributed by atoms with Crippen LogP contribution in [0.1, 0.15) is 24.3 Å². The summed E-state index contributed by atoms with van der Waals surface area (Å²) in [7, 11) is 0. The number of fused-ring (bicyclic) bond motifs is 1. The van der Waals surface area contributed by atoms with Crippen molar-refractivity contribution in [3.8, 4) is 0 Å². The summed E-state index contributed by atoms with van der Waals surface area (Å²) in [6.07, 6.45) is 3.82. The summed E-state index contributed by atoms with van der Waals surface area (Å²) in [5.74, 6) is -0.390. The molecule has 0 radical (unpaired) electrons. The summed E-state index contributed by atoms with van der Waals surface area (Å²) in [5.41, 5.74) is 3.10. The van der Waals surface area contributed by atoms with E-state index in [9.17, 15) is 9.18 Å². The van der Waals surface area contributed by atoms with Crippen LogP contribution in [0.25, 0.3) is 0 Å². The molecule has 6 heteroatoms. The second kappa shape index (κ2) is 7.88. The van der Waals surface area contributed by atoms with Crippen molar-refractivity contribution < 1.29 is 13.9 Å². The molecular weight excluding hydrogens is 345 g/mol. The highest BCUT2D eigenvalue weighted by Crippen LogP contribution is 2.32. The third kappa shape index (κ3) is 4.17. The molecule has 2 aromatic carbocycles. The first-order chi connectivity index (χ1) is 13.2. The lowest BCUT2D eigenvalue weighted by molar-refractivity contribution is -0.115. The van der Waals surface area contributed by atoms with Crippen molar-refractivity contribution in [1.82, 2.24) is 0 Å². The van der Waals surface area contributed by atoms with Crippen LogP contribution >= 0.6 is 0 Å². The fourth-order valence-electron chi connectivity index (χ4n) is 3.45. The van der Waals surface area contributed by atoms with E-state index in [1.165, 1.54) is 12.1 Å². The minimum atomic E-state index is -0.494. The van der Waals surface area contributed by atoms with Gasteiger partial charge >= 0.3 is 0 Å². The molecule has 27 heavy (non-hydrogen) atoms. The number of halogens is 1. The molecule has 1 fully saturated rings. The van der Waals surface area contributed by atoms with E-state index in [4.69, 9.17) is 4.74 Å². The van der Waals surface area contributed by atoms with Crippen LogP contribution in [-0.2, 0) is 9.53 Å². The predicted octanol–water partition coefficient (Wildman–Crippen LogP) is 4.10. The Hall–Kier alpha value is -2.73. The van der Waals surface area contributed by atoms with Gasteiger partial charge in [-0.3, -0.25) is 9.79 Å². The van der Waals surface area contributed by atoms with Gasteiger partial charge in [0.1, 0.15) is 11.7 Å². The highest BCUT2D eigenvalue weighted by molar-refractivity contribution is 6.12. The van der Waals surface area contributed by atoms with Gasteiger partial charge in [-0.05, 0) is 60.7 Å². The van der Waals surface area contributed by atoms with E-state index >= 15 is 0 Å². The second-order valence-corrected chi connectivity index (χ2v) is 6.96. The molecule has 0 aromatic heterocycles. The van der Waals surface area contributed by atoms with Gasteiger partial charge < -0.3 is 15.4 Å². The molecule has 1 saturated heterocycles. The third-order valence-electron chi connectivity index (χ3n) is 5.07. The smallest absolute Gasteiger partial charge is 0.237 e. The largest absolute Gasteiger partial charge is 0.385 e. The lowest BCUT2D eigenvalue weighted by Crippen LogP contribution is -2.22. The Labute approximate surface area is 157 Å². The molecule has 1 unspecified atom stereocenters. The molecule has 2 aliphatic rings. The third-order valence-corrected chi connectivity index (χ3v) is 5.07. The van der Waals surface area contributed by atoms with Gasteiger partial charge in [0.05, 0.1) is 5.69 Å². The predicted molar refractivity (Wildman–Crippen MR) is 104 cm³/mol. The molecule has 4 rings (SSSR count). The zero-order valence-corrected chi connectivity index (χ0v) is 15.0. The van der Waals surface area contributed by atoms with Gasteiger partial charge in [0.25, 0.3) is 0 Å². The van der Waals surface area contributed by atoms with Gasteiger partial charge in [0.15, 0.2) is 0 Å². The van der Waals surface area contributed by atoms with Gasteiger partial charge in [-0.25, -0.2) is 4.39 Å². The first kappa shape index (κ1) is 17.7. The quantitative estimate of drug-likeness (QED) is 0.782. The number of nitrogens with zero attached hydrogens (tertiary/aromatic N) is 1.